The predicted molar refractivity (Wildman–Crippen MR) is 89.9 cm³/mol. The van der Waals surface area contributed by atoms with Crippen molar-refractivity contribution in [2.45, 2.75) is 32.5 Å². The Bertz CT molecular complexity index is 412. The second-order valence-electron chi connectivity index (χ2n) is 5.50. The number of halogens is 1. The molecular formula is C16H23BrSi. The van der Waals surface area contributed by atoms with E-state index in [4.69, 9.17) is 0 Å². The Morgan fingerprint density at radius 3 is 2.28 bits per heavy atom. The Labute approximate surface area is 121 Å². The van der Waals surface area contributed by atoms with E-state index in [1.165, 1.54) is 11.1 Å². The van der Waals surface area contributed by atoms with Gasteiger partial charge in [-0.3, -0.25) is 0 Å². The fraction of sp³-hybridized carbons (Fsp3) is 0.375. The molecule has 0 radical (unpaired) electrons. The summed E-state index contributed by atoms with van der Waals surface area (Å²) in [6.45, 7) is 11.2. The zero-order valence-electron chi connectivity index (χ0n) is 11.7. The number of benzene rings is 1. The van der Waals surface area contributed by atoms with Crippen LogP contribution in [-0.2, 0) is 0 Å². The molecule has 0 unspecified atom stereocenters. The van der Waals surface area contributed by atoms with Gasteiger partial charge < -0.3 is 0 Å². The maximum absolute atomic E-state index is 3.93. The van der Waals surface area contributed by atoms with Crippen molar-refractivity contribution < 1.29 is 0 Å². The second-order valence-corrected chi connectivity index (χ2v) is 11.4. The van der Waals surface area contributed by atoms with Crippen molar-refractivity contribution in [1.29, 1.82) is 0 Å². The summed E-state index contributed by atoms with van der Waals surface area (Å²) in [5, 5.41) is 2.64. The van der Waals surface area contributed by atoms with Crippen molar-refractivity contribution in [2.75, 3.05) is 5.33 Å². The Balaban J connectivity index is 3.33. The Morgan fingerprint density at radius 1 is 1.22 bits per heavy atom. The lowest BCUT2D eigenvalue weighted by Gasteiger charge is -2.25. The van der Waals surface area contributed by atoms with Crippen molar-refractivity contribution in [3.05, 3.63) is 53.7 Å². The first-order valence-electron chi connectivity index (χ1n) is 6.45. The largest absolute Gasteiger partial charge is 0.103 e. The highest BCUT2D eigenvalue weighted by Gasteiger charge is 2.22. The first-order chi connectivity index (χ1) is 8.50. The van der Waals surface area contributed by atoms with Crippen LogP contribution in [0.15, 0.2) is 48.2 Å². The summed E-state index contributed by atoms with van der Waals surface area (Å²) in [5.41, 5.74) is 2.89. The molecule has 0 saturated carbocycles. The minimum Gasteiger partial charge on any atom is -0.103 e. The number of alkyl halides is 1. The Morgan fingerprint density at radius 2 is 1.83 bits per heavy atom. The number of hydrogen-bond acceptors (Lipinski definition) is 0. The van der Waals surface area contributed by atoms with Gasteiger partial charge in [0.25, 0.3) is 0 Å². The van der Waals surface area contributed by atoms with E-state index in [1.54, 1.807) is 5.20 Å². The number of hydrogen-bond donors (Lipinski definition) is 0. The van der Waals surface area contributed by atoms with Crippen molar-refractivity contribution in [3.8, 4) is 0 Å². The third-order valence-electron chi connectivity index (χ3n) is 3.08. The highest BCUT2D eigenvalue weighted by Crippen LogP contribution is 2.31. The van der Waals surface area contributed by atoms with Crippen LogP contribution in [0.3, 0.4) is 0 Å². The van der Waals surface area contributed by atoms with Crippen LogP contribution < -0.4 is 0 Å². The summed E-state index contributed by atoms with van der Waals surface area (Å²) in [4.78, 5) is 0. The van der Waals surface area contributed by atoms with Crippen molar-refractivity contribution in [3.63, 3.8) is 0 Å². The maximum Gasteiger partial charge on any atom is 0.0732 e. The molecule has 0 aliphatic heterocycles. The van der Waals surface area contributed by atoms with E-state index in [1.807, 2.05) is 6.08 Å². The molecule has 0 bridgehead atoms. The molecular weight excluding hydrogens is 300 g/mol. The summed E-state index contributed by atoms with van der Waals surface area (Å²) in [6, 6.07) is 10.8. The third kappa shape index (κ3) is 4.25. The minimum atomic E-state index is -1.30. The van der Waals surface area contributed by atoms with Gasteiger partial charge in [0, 0.05) is 5.33 Å². The molecule has 1 rings (SSSR count). The van der Waals surface area contributed by atoms with E-state index in [9.17, 15) is 0 Å². The van der Waals surface area contributed by atoms with E-state index in [2.05, 4.69) is 72.5 Å². The normalized spacial score (nSPS) is 13.1. The average Bonchev–Trinajstić information content (AvgIpc) is 2.33. The highest BCUT2D eigenvalue weighted by molar-refractivity contribution is 9.09. The van der Waals surface area contributed by atoms with Crippen LogP contribution >= 0.6 is 15.9 Å². The summed E-state index contributed by atoms with van der Waals surface area (Å²) < 4.78 is 0. The summed E-state index contributed by atoms with van der Waals surface area (Å²) in [7, 11) is -1.30. The lowest BCUT2D eigenvalue weighted by molar-refractivity contribution is 1.21. The van der Waals surface area contributed by atoms with E-state index < -0.39 is 8.07 Å². The average molecular weight is 323 g/mol. The molecule has 0 fully saturated rings. The molecule has 18 heavy (non-hydrogen) atoms. The van der Waals surface area contributed by atoms with Gasteiger partial charge in [-0.1, -0.05) is 77.2 Å². The van der Waals surface area contributed by atoms with E-state index in [-0.39, 0.29) is 0 Å². The summed E-state index contributed by atoms with van der Waals surface area (Å²) in [6.07, 6.45) is 4.16. The molecule has 0 atom stereocenters. The van der Waals surface area contributed by atoms with E-state index in [0.29, 0.717) is 0 Å². The maximum atomic E-state index is 3.93. The van der Waals surface area contributed by atoms with Crippen LogP contribution in [0, 0.1) is 0 Å². The molecule has 0 saturated heterocycles. The van der Waals surface area contributed by atoms with E-state index in [0.717, 1.165) is 18.2 Å². The van der Waals surface area contributed by atoms with Gasteiger partial charge in [-0.05, 0) is 24.0 Å². The fourth-order valence-corrected chi connectivity index (χ4v) is 4.56. The molecule has 0 aromatic heterocycles. The van der Waals surface area contributed by atoms with Gasteiger partial charge in [-0.2, -0.15) is 0 Å². The van der Waals surface area contributed by atoms with Gasteiger partial charge in [-0.15, -0.1) is 6.58 Å². The quantitative estimate of drug-likeness (QED) is 0.359. The van der Waals surface area contributed by atoms with Gasteiger partial charge in [0.15, 0.2) is 0 Å². The number of allylic oxidation sites excluding steroid dienone is 3. The highest BCUT2D eigenvalue weighted by atomic mass is 79.9. The first-order valence-corrected chi connectivity index (χ1v) is 11.1. The van der Waals surface area contributed by atoms with Gasteiger partial charge >= 0.3 is 0 Å². The zero-order valence-corrected chi connectivity index (χ0v) is 14.3. The standard InChI is InChI=1S/C16H23BrSi/c1-5-9-16(18(2,3)4)15(12-13-17)14-10-7-6-8-11-14/h5-8,10-11H,1,9,12-13H2,2-4H3/b16-15-. The lowest BCUT2D eigenvalue weighted by atomic mass is 10.0. The molecule has 0 heterocycles. The molecule has 0 aliphatic rings. The third-order valence-corrected chi connectivity index (χ3v) is 5.80. The predicted octanol–water partition coefficient (Wildman–Crippen LogP) is 5.68. The SMILES string of the molecule is C=CC/C(=C(\CCBr)c1ccccc1)[Si](C)(C)C. The van der Waals surface area contributed by atoms with E-state index >= 15 is 0 Å². The van der Waals surface area contributed by atoms with Gasteiger partial charge in [0.1, 0.15) is 0 Å². The summed E-state index contributed by atoms with van der Waals surface area (Å²) >= 11 is 3.59. The Kier molecular flexibility index (Phi) is 6.10. The number of rotatable bonds is 6. The molecule has 1 aromatic rings. The van der Waals surface area contributed by atoms with Gasteiger partial charge in [0.05, 0.1) is 8.07 Å². The zero-order chi connectivity index (χ0) is 13.6. The second kappa shape index (κ2) is 7.10. The monoisotopic (exact) mass is 322 g/mol. The molecule has 0 aliphatic carbocycles. The Hall–Kier alpha value is -0.603. The van der Waals surface area contributed by atoms with Crippen molar-refractivity contribution in [2.24, 2.45) is 0 Å². The molecule has 1 aromatic carbocycles. The smallest absolute Gasteiger partial charge is 0.0732 e. The topological polar surface area (TPSA) is 0 Å². The summed E-state index contributed by atoms with van der Waals surface area (Å²) in [5.74, 6) is 0. The molecule has 0 nitrogen and oxygen atoms in total. The minimum absolute atomic E-state index is 1.02. The molecule has 0 spiro atoms. The van der Waals surface area contributed by atoms with Crippen LogP contribution in [0.25, 0.3) is 5.57 Å². The molecule has 2 heteroatoms. The van der Waals surface area contributed by atoms with Gasteiger partial charge in [0.2, 0.25) is 0 Å². The van der Waals surface area contributed by atoms with Crippen LogP contribution in [0.4, 0.5) is 0 Å². The van der Waals surface area contributed by atoms with Crippen LogP contribution in [0.5, 0.6) is 0 Å². The molecule has 98 valence electrons. The van der Waals surface area contributed by atoms with Crippen LogP contribution in [0.2, 0.25) is 19.6 Å². The molecule has 0 N–H and O–H groups in total. The molecule has 0 amide bonds. The van der Waals surface area contributed by atoms with Crippen LogP contribution in [0.1, 0.15) is 18.4 Å². The fourth-order valence-electron chi connectivity index (χ4n) is 2.23. The van der Waals surface area contributed by atoms with Crippen molar-refractivity contribution in [1.82, 2.24) is 0 Å². The lowest BCUT2D eigenvalue weighted by Crippen LogP contribution is -2.25. The van der Waals surface area contributed by atoms with Crippen molar-refractivity contribution >= 4 is 29.6 Å². The van der Waals surface area contributed by atoms with Gasteiger partial charge in [-0.25, -0.2) is 0 Å². The first kappa shape index (κ1) is 15.5. The van der Waals surface area contributed by atoms with Crippen LogP contribution in [-0.4, -0.2) is 13.4 Å².